The number of benzene rings is 1. The Bertz CT molecular complexity index is 355. The zero-order valence-electron chi connectivity index (χ0n) is 9.01. The van der Waals surface area contributed by atoms with E-state index in [2.05, 4.69) is 0 Å². The van der Waals surface area contributed by atoms with Crippen molar-refractivity contribution < 1.29 is 86.0 Å². The first-order valence-corrected chi connectivity index (χ1v) is 3.73. The molecule has 1 amide bonds. The Morgan fingerprint density at radius 2 is 1.41 bits per heavy atom. The summed E-state index contributed by atoms with van der Waals surface area (Å²) >= 11 is 0. The summed E-state index contributed by atoms with van der Waals surface area (Å²) < 4.78 is 0. The number of carbonyl (C=O) groups is 2. The van der Waals surface area contributed by atoms with Crippen LogP contribution in [0.4, 0.5) is 0 Å². The third-order valence-corrected chi connectivity index (χ3v) is 1.44. The van der Waals surface area contributed by atoms with E-state index in [9.17, 15) is 9.59 Å². The molecule has 17 heavy (non-hydrogen) atoms. The van der Waals surface area contributed by atoms with Crippen LogP contribution in [0.25, 0.3) is 5.73 Å². The van der Waals surface area contributed by atoms with Gasteiger partial charge in [0.15, 0.2) is 5.78 Å². The van der Waals surface area contributed by atoms with Crippen LogP contribution in [0.3, 0.4) is 0 Å². The average molecular weight is 388 g/mol. The largest absolute Gasteiger partial charge is 0.664 e. The second-order valence-electron chi connectivity index (χ2n) is 2.43. The van der Waals surface area contributed by atoms with Gasteiger partial charge in [0.2, 0.25) is 0 Å². The monoisotopic (exact) mass is 388 g/mol. The molecule has 0 saturated heterocycles. The van der Waals surface area contributed by atoms with Gasteiger partial charge in [0.05, 0.1) is 5.91 Å². The summed E-state index contributed by atoms with van der Waals surface area (Å²) in [6.45, 7) is 0. The smallest absolute Gasteiger partial charge is 0.185 e. The van der Waals surface area contributed by atoms with Crippen LogP contribution in [0.5, 0.6) is 0 Å². The third-order valence-electron chi connectivity index (χ3n) is 1.44. The maximum absolute atomic E-state index is 11.2. The molecular formula is C10H12NO4Y2-. The summed E-state index contributed by atoms with van der Waals surface area (Å²) in [7, 11) is 0. The third kappa shape index (κ3) is 11.1. The van der Waals surface area contributed by atoms with Crippen LogP contribution < -0.4 is 0 Å². The maximum atomic E-state index is 11.2. The van der Waals surface area contributed by atoms with E-state index in [-0.39, 0.29) is 82.2 Å². The van der Waals surface area contributed by atoms with Gasteiger partial charge in [0.1, 0.15) is 0 Å². The fourth-order valence-corrected chi connectivity index (χ4v) is 0.850. The van der Waals surface area contributed by atoms with E-state index in [1.165, 1.54) is 0 Å². The molecule has 0 aromatic heterocycles. The van der Waals surface area contributed by atoms with Crippen molar-refractivity contribution in [2.24, 2.45) is 0 Å². The Kier molecular flexibility index (Phi) is 21.8. The minimum Gasteiger partial charge on any atom is -0.664 e. The van der Waals surface area contributed by atoms with Crippen molar-refractivity contribution in [2.45, 2.75) is 0 Å². The Morgan fingerprint density at radius 1 is 0.941 bits per heavy atom. The minimum atomic E-state index is -0.871. The maximum Gasteiger partial charge on any atom is 0.185 e. The number of nitrogens with one attached hydrogen (secondary N) is 1. The van der Waals surface area contributed by atoms with Gasteiger partial charge < -0.3 is 21.5 Å². The summed E-state index contributed by atoms with van der Waals surface area (Å²) in [5, 5.41) is 0. The first-order valence-electron chi connectivity index (χ1n) is 3.73. The topological polar surface area (TPSA) is 121 Å². The number of carbonyl (C=O) groups excluding carboxylic acids is 2. The standard InChI is InChI=1S/C10H9NO2.2H2O.2Y/c11-10(13)7-6-9(12)8-4-2-1-3-5-8;;;;/h1-7H,(H2,11,13);2*1H2;;/p-1/b7-6+;;;;. The second-order valence-corrected chi connectivity index (χ2v) is 2.43. The minimum absolute atomic E-state index is 0. The Balaban J connectivity index is -0.000000211. The van der Waals surface area contributed by atoms with Crippen LogP contribution in [0.1, 0.15) is 10.4 Å². The van der Waals surface area contributed by atoms with Crippen molar-refractivity contribution >= 4 is 11.7 Å². The predicted molar refractivity (Wildman–Crippen MR) is 56.5 cm³/mol. The normalized spacial score (nSPS) is 7.76. The zero-order chi connectivity index (χ0) is 9.68. The first kappa shape index (κ1) is 25.9. The molecule has 0 bridgehead atoms. The van der Waals surface area contributed by atoms with Gasteiger partial charge in [-0.15, -0.1) is 0 Å². The molecule has 0 aliphatic heterocycles. The van der Waals surface area contributed by atoms with Crippen LogP contribution >= 0.6 is 0 Å². The van der Waals surface area contributed by atoms with Gasteiger partial charge in [-0.1, -0.05) is 30.3 Å². The van der Waals surface area contributed by atoms with Crippen molar-refractivity contribution in [1.82, 2.24) is 0 Å². The van der Waals surface area contributed by atoms with Gasteiger partial charge in [0, 0.05) is 71.0 Å². The summed E-state index contributed by atoms with van der Waals surface area (Å²) in [5.74, 6) is -1.13. The molecule has 0 spiro atoms. The average Bonchev–Trinajstić information content (AvgIpc) is 2.15. The van der Waals surface area contributed by atoms with Gasteiger partial charge in [-0.25, -0.2) is 0 Å². The van der Waals surface area contributed by atoms with Gasteiger partial charge >= 0.3 is 0 Å². The molecule has 88 valence electrons. The summed E-state index contributed by atoms with van der Waals surface area (Å²) in [6, 6.07) is 8.59. The van der Waals surface area contributed by atoms with Crippen LogP contribution in [0.15, 0.2) is 42.5 Å². The molecule has 1 aromatic rings. The van der Waals surface area contributed by atoms with Crippen LogP contribution in [-0.2, 0) is 70.2 Å². The fraction of sp³-hybridized carbons (Fsp3) is 0. The summed E-state index contributed by atoms with van der Waals surface area (Å²) in [5.41, 5.74) is 7.07. The number of hydrogen-bond acceptors (Lipinski definition) is 2. The number of allylic oxidation sites excluding steroid dienone is 1. The van der Waals surface area contributed by atoms with Crippen molar-refractivity contribution in [2.75, 3.05) is 0 Å². The van der Waals surface area contributed by atoms with Crippen molar-refractivity contribution in [1.29, 1.82) is 0 Å². The SMILES string of the molecule is O.O.[NH-]C(=O)/C=C/C(=O)c1ccccc1.[Y].[Y]. The van der Waals surface area contributed by atoms with Crippen molar-refractivity contribution in [3.05, 3.63) is 53.8 Å². The van der Waals surface area contributed by atoms with Gasteiger partial charge in [-0.3, -0.25) is 4.79 Å². The molecule has 0 saturated carbocycles. The molecule has 1 rings (SSSR count). The number of rotatable bonds is 3. The molecule has 7 heteroatoms. The molecule has 5 nitrogen and oxygen atoms in total. The van der Waals surface area contributed by atoms with E-state index in [4.69, 9.17) is 5.73 Å². The molecule has 1 aromatic carbocycles. The van der Waals surface area contributed by atoms with E-state index < -0.39 is 5.91 Å². The van der Waals surface area contributed by atoms with E-state index >= 15 is 0 Å². The summed E-state index contributed by atoms with van der Waals surface area (Å²) in [6.07, 6.45) is 2.04. The van der Waals surface area contributed by atoms with E-state index in [1.807, 2.05) is 0 Å². The van der Waals surface area contributed by atoms with Gasteiger partial charge in [-0.2, -0.15) is 0 Å². The Labute approximate surface area is 150 Å². The van der Waals surface area contributed by atoms with Crippen molar-refractivity contribution in [3.63, 3.8) is 0 Å². The quantitative estimate of drug-likeness (QED) is 0.548. The molecule has 0 aliphatic rings. The van der Waals surface area contributed by atoms with Crippen molar-refractivity contribution in [3.8, 4) is 0 Å². The summed E-state index contributed by atoms with van der Waals surface area (Å²) in [4.78, 5) is 21.4. The zero-order valence-corrected chi connectivity index (χ0v) is 14.7. The molecule has 5 N–H and O–H groups in total. The number of amides is 1. The van der Waals surface area contributed by atoms with Crippen LogP contribution in [0.2, 0.25) is 0 Å². The Morgan fingerprint density at radius 3 is 1.82 bits per heavy atom. The molecule has 0 atom stereocenters. The molecular weight excluding hydrogens is 376 g/mol. The molecule has 0 unspecified atom stereocenters. The van der Waals surface area contributed by atoms with E-state index in [0.29, 0.717) is 5.56 Å². The second kappa shape index (κ2) is 14.3. The molecule has 2 radical (unpaired) electrons. The van der Waals surface area contributed by atoms with E-state index in [1.54, 1.807) is 30.3 Å². The van der Waals surface area contributed by atoms with Gasteiger partial charge in [-0.05, 0) is 12.2 Å². The van der Waals surface area contributed by atoms with E-state index in [0.717, 1.165) is 12.2 Å². The molecule has 0 heterocycles. The predicted octanol–water partition coefficient (Wildman–Crippen LogP) is 0.350. The van der Waals surface area contributed by atoms with Crippen LogP contribution in [0, 0.1) is 0 Å². The molecule has 0 aliphatic carbocycles. The molecule has 0 fully saturated rings. The number of ketones is 1. The van der Waals surface area contributed by atoms with Gasteiger partial charge in [0.25, 0.3) is 0 Å². The first-order chi connectivity index (χ1) is 6.20. The number of hydrogen-bond donors (Lipinski definition) is 0. The Hall–Kier alpha value is 0.228. The van der Waals surface area contributed by atoms with Crippen LogP contribution in [-0.4, -0.2) is 22.6 Å². The fourth-order valence-electron chi connectivity index (χ4n) is 0.850.